The lowest BCUT2D eigenvalue weighted by Gasteiger charge is -2.13. The number of rotatable bonds is 8. The van der Waals surface area contributed by atoms with Gasteiger partial charge in [-0.1, -0.05) is 18.2 Å². The molecule has 0 spiro atoms. The molecule has 33 heavy (non-hydrogen) atoms. The third kappa shape index (κ3) is 7.62. The average molecular weight is 480 g/mol. The van der Waals surface area contributed by atoms with Gasteiger partial charge in [-0.05, 0) is 86.7 Å². The molecule has 1 atom stereocenters. The molecule has 170 valence electrons. The molecule has 0 bridgehead atoms. The van der Waals surface area contributed by atoms with E-state index in [0.717, 1.165) is 16.3 Å². The molecule has 0 heterocycles. The summed E-state index contributed by atoms with van der Waals surface area (Å²) in [6.45, 7) is 3.92. The Labute approximate surface area is 203 Å². The fourth-order valence-electron chi connectivity index (χ4n) is 2.84. The second kappa shape index (κ2) is 12.0. The van der Waals surface area contributed by atoms with Crippen molar-refractivity contribution in [3.05, 3.63) is 84.4 Å². The van der Waals surface area contributed by atoms with Crippen LogP contribution in [0.2, 0.25) is 0 Å². The van der Waals surface area contributed by atoms with E-state index in [2.05, 4.69) is 16.0 Å². The van der Waals surface area contributed by atoms with Gasteiger partial charge in [-0.3, -0.25) is 4.79 Å². The van der Waals surface area contributed by atoms with Gasteiger partial charge in [0, 0.05) is 22.0 Å². The second-order valence-electron chi connectivity index (χ2n) is 7.02. The van der Waals surface area contributed by atoms with Crippen LogP contribution in [0.25, 0.3) is 0 Å². The van der Waals surface area contributed by atoms with Crippen molar-refractivity contribution in [3.63, 3.8) is 0 Å². The normalized spacial score (nSPS) is 11.2. The number of carbonyl (C=O) groups is 2. The Morgan fingerprint density at radius 3 is 2.00 bits per heavy atom. The van der Waals surface area contributed by atoms with Gasteiger partial charge in [0.2, 0.25) is 5.91 Å². The standard InChI is InChI=1S/C25H25N3O3S2/c1-3-31-24(30)18-9-11-20(12-10-18)26-23(29)17(2)33-22-15-13-21(14-16-22)28-25(32)27-19-7-5-4-6-8-19/h4-17H,3H2,1-2H3,(H,26,29)(H2,27,28,32). The molecule has 3 rings (SSSR count). The number of benzene rings is 3. The number of hydrogen-bond donors (Lipinski definition) is 3. The highest BCUT2D eigenvalue weighted by Gasteiger charge is 2.15. The number of carbonyl (C=O) groups excluding carboxylic acids is 2. The Balaban J connectivity index is 1.49. The fourth-order valence-corrected chi connectivity index (χ4v) is 3.94. The highest BCUT2D eigenvalue weighted by molar-refractivity contribution is 8.00. The van der Waals surface area contributed by atoms with Gasteiger partial charge in [0.1, 0.15) is 0 Å². The van der Waals surface area contributed by atoms with Crippen molar-refractivity contribution in [2.75, 3.05) is 22.6 Å². The van der Waals surface area contributed by atoms with E-state index in [4.69, 9.17) is 17.0 Å². The lowest BCUT2D eigenvalue weighted by atomic mass is 10.2. The number of para-hydroxylation sites is 1. The lowest BCUT2D eigenvalue weighted by molar-refractivity contribution is -0.115. The van der Waals surface area contributed by atoms with Crippen LogP contribution in [0.4, 0.5) is 17.1 Å². The van der Waals surface area contributed by atoms with Gasteiger partial charge in [-0.25, -0.2) is 4.79 Å². The summed E-state index contributed by atoms with van der Waals surface area (Å²) >= 11 is 6.80. The minimum absolute atomic E-state index is 0.126. The number of hydrogen-bond acceptors (Lipinski definition) is 5. The van der Waals surface area contributed by atoms with Crippen molar-refractivity contribution in [2.45, 2.75) is 24.0 Å². The summed E-state index contributed by atoms with van der Waals surface area (Å²) in [5.74, 6) is -0.506. The summed E-state index contributed by atoms with van der Waals surface area (Å²) in [5, 5.41) is 9.34. The topological polar surface area (TPSA) is 79.5 Å². The van der Waals surface area contributed by atoms with Crippen LogP contribution < -0.4 is 16.0 Å². The zero-order valence-corrected chi connectivity index (χ0v) is 20.0. The molecule has 3 N–H and O–H groups in total. The van der Waals surface area contributed by atoms with Crippen molar-refractivity contribution in [1.29, 1.82) is 0 Å². The second-order valence-corrected chi connectivity index (χ2v) is 8.84. The van der Waals surface area contributed by atoms with E-state index in [1.54, 1.807) is 31.2 Å². The number of nitrogens with one attached hydrogen (secondary N) is 3. The van der Waals surface area contributed by atoms with E-state index in [9.17, 15) is 9.59 Å². The zero-order chi connectivity index (χ0) is 23.6. The van der Waals surface area contributed by atoms with Crippen LogP contribution in [0.5, 0.6) is 0 Å². The van der Waals surface area contributed by atoms with Crippen molar-refractivity contribution < 1.29 is 14.3 Å². The molecule has 0 saturated carbocycles. The van der Waals surface area contributed by atoms with Crippen LogP contribution in [-0.2, 0) is 9.53 Å². The van der Waals surface area contributed by atoms with Crippen LogP contribution in [0, 0.1) is 0 Å². The maximum Gasteiger partial charge on any atom is 0.338 e. The minimum Gasteiger partial charge on any atom is -0.462 e. The molecule has 3 aromatic rings. The molecule has 0 fully saturated rings. The maximum atomic E-state index is 12.6. The number of thiocarbonyl (C=S) groups is 1. The van der Waals surface area contributed by atoms with Crippen molar-refractivity contribution in [3.8, 4) is 0 Å². The van der Waals surface area contributed by atoms with Gasteiger partial charge in [0.15, 0.2) is 5.11 Å². The van der Waals surface area contributed by atoms with E-state index in [1.165, 1.54) is 11.8 Å². The molecule has 1 amide bonds. The number of thioether (sulfide) groups is 1. The molecule has 0 aromatic heterocycles. The van der Waals surface area contributed by atoms with E-state index in [1.807, 2.05) is 61.5 Å². The molecule has 3 aromatic carbocycles. The summed E-state index contributed by atoms with van der Waals surface area (Å²) < 4.78 is 4.96. The third-order valence-corrected chi connectivity index (χ3v) is 5.81. The van der Waals surface area contributed by atoms with Crippen molar-refractivity contribution >= 4 is 58.0 Å². The van der Waals surface area contributed by atoms with Crippen LogP contribution in [0.1, 0.15) is 24.2 Å². The fraction of sp³-hybridized carbons (Fsp3) is 0.160. The third-order valence-electron chi connectivity index (χ3n) is 4.49. The Morgan fingerprint density at radius 1 is 0.848 bits per heavy atom. The van der Waals surface area contributed by atoms with Gasteiger partial charge >= 0.3 is 5.97 Å². The summed E-state index contributed by atoms with van der Waals surface area (Å²) in [7, 11) is 0. The monoisotopic (exact) mass is 479 g/mol. The maximum absolute atomic E-state index is 12.6. The number of amides is 1. The molecule has 0 aliphatic heterocycles. The Kier molecular flexibility index (Phi) is 8.86. The molecule has 0 aliphatic carbocycles. The first kappa shape index (κ1) is 24.3. The Morgan fingerprint density at radius 2 is 1.39 bits per heavy atom. The van der Waals surface area contributed by atoms with Crippen LogP contribution in [0.15, 0.2) is 83.8 Å². The quantitative estimate of drug-likeness (QED) is 0.214. The predicted molar refractivity (Wildman–Crippen MR) is 139 cm³/mol. The minimum atomic E-state index is -0.381. The first-order valence-corrected chi connectivity index (χ1v) is 11.7. The van der Waals surface area contributed by atoms with Gasteiger partial charge in [-0.15, -0.1) is 11.8 Å². The van der Waals surface area contributed by atoms with Crippen LogP contribution in [0.3, 0.4) is 0 Å². The van der Waals surface area contributed by atoms with Crippen LogP contribution >= 0.6 is 24.0 Å². The van der Waals surface area contributed by atoms with E-state index < -0.39 is 0 Å². The first-order valence-electron chi connectivity index (χ1n) is 10.4. The van der Waals surface area contributed by atoms with Gasteiger partial charge in [0.05, 0.1) is 17.4 Å². The molecule has 0 radical (unpaired) electrons. The molecule has 6 nitrogen and oxygen atoms in total. The zero-order valence-electron chi connectivity index (χ0n) is 18.3. The molecule has 0 saturated heterocycles. The lowest BCUT2D eigenvalue weighted by Crippen LogP contribution is -2.22. The SMILES string of the molecule is CCOC(=O)c1ccc(NC(=O)C(C)Sc2ccc(NC(=S)Nc3ccccc3)cc2)cc1. The van der Waals surface area contributed by atoms with Crippen molar-refractivity contribution in [2.24, 2.45) is 0 Å². The van der Waals surface area contributed by atoms with Gasteiger partial charge in [0.25, 0.3) is 0 Å². The number of ether oxygens (including phenoxy) is 1. The molecule has 0 aliphatic rings. The predicted octanol–water partition coefficient (Wildman–Crippen LogP) is 5.79. The Hall–Kier alpha value is -3.36. The average Bonchev–Trinajstić information content (AvgIpc) is 2.81. The van der Waals surface area contributed by atoms with E-state index in [0.29, 0.717) is 23.0 Å². The summed E-state index contributed by atoms with van der Waals surface area (Å²) in [4.78, 5) is 25.3. The number of esters is 1. The first-order chi connectivity index (χ1) is 15.9. The summed E-state index contributed by atoms with van der Waals surface area (Å²) in [6.07, 6.45) is 0. The summed E-state index contributed by atoms with van der Waals surface area (Å²) in [5.41, 5.74) is 2.84. The molecule has 1 unspecified atom stereocenters. The number of anilines is 3. The summed E-state index contributed by atoms with van der Waals surface area (Å²) in [6, 6.07) is 24.1. The van der Waals surface area contributed by atoms with Gasteiger partial charge < -0.3 is 20.7 Å². The largest absolute Gasteiger partial charge is 0.462 e. The Bertz CT molecular complexity index is 1090. The highest BCUT2D eigenvalue weighted by Crippen LogP contribution is 2.26. The molecular formula is C25H25N3O3S2. The van der Waals surface area contributed by atoms with Crippen LogP contribution in [-0.4, -0.2) is 28.8 Å². The van der Waals surface area contributed by atoms with E-state index >= 15 is 0 Å². The molecular weight excluding hydrogens is 454 g/mol. The molecule has 8 heteroatoms. The van der Waals surface area contributed by atoms with E-state index in [-0.39, 0.29) is 17.1 Å². The van der Waals surface area contributed by atoms with Gasteiger partial charge in [-0.2, -0.15) is 0 Å². The highest BCUT2D eigenvalue weighted by atomic mass is 32.2. The smallest absolute Gasteiger partial charge is 0.338 e. The van der Waals surface area contributed by atoms with Crippen molar-refractivity contribution in [1.82, 2.24) is 0 Å².